The molecule has 8 heteroatoms. The molecule has 0 radical (unpaired) electrons. The van der Waals surface area contributed by atoms with Crippen LogP contribution in [0.5, 0.6) is 0 Å². The number of aliphatic carboxylic acids is 2. The van der Waals surface area contributed by atoms with Crippen molar-refractivity contribution < 1.29 is 29.5 Å². The second-order valence-electron chi connectivity index (χ2n) is 5.29. The molecule has 8 nitrogen and oxygen atoms in total. The van der Waals surface area contributed by atoms with E-state index < -0.39 is 11.9 Å². The normalized spacial score (nSPS) is 24.7. The maximum Gasteiger partial charge on any atom is 0.351 e. The number of benzene rings is 1. The SMILES string of the molecule is N#Cc1ccc(C2NC(=O)C3CCC[NH+]32)cc1.O=C([O-])C(=O)O. The fourth-order valence-corrected chi connectivity index (χ4v) is 2.90. The van der Waals surface area contributed by atoms with E-state index in [1.54, 1.807) is 0 Å². The predicted octanol–water partition coefficient (Wildman–Crippen LogP) is -2.45. The van der Waals surface area contributed by atoms with E-state index in [0.717, 1.165) is 24.9 Å². The van der Waals surface area contributed by atoms with E-state index in [2.05, 4.69) is 11.4 Å². The fraction of sp³-hybridized carbons (Fsp3) is 0.333. The summed E-state index contributed by atoms with van der Waals surface area (Å²) in [6.07, 6.45) is 2.19. The molecular weight excluding hydrogens is 302 g/mol. The van der Waals surface area contributed by atoms with E-state index in [9.17, 15) is 4.79 Å². The zero-order chi connectivity index (χ0) is 17.0. The minimum Gasteiger partial charge on any atom is -0.539 e. The molecule has 2 aliphatic rings. The second kappa shape index (κ2) is 6.89. The number of nitrogens with one attached hydrogen (secondary N) is 2. The lowest BCUT2D eigenvalue weighted by atomic mass is 10.1. The Balaban J connectivity index is 0.000000277. The molecule has 1 amide bonds. The molecule has 0 bridgehead atoms. The molecule has 120 valence electrons. The Morgan fingerprint density at radius 2 is 1.96 bits per heavy atom. The van der Waals surface area contributed by atoms with E-state index in [-0.39, 0.29) is 18.1 Å². The van der Waals surface area contributed by atoms with Crippen molar-refractivity contribution in [2.75, 3.05) is 6.54 Å². The van der Waals surface area contributed by atoms with E-state index >= 15 is 0 Å². The highest BCUT2D eigenvalue weighted by molar-refractivity contribution is 6.26. The minimum atomic E-state index is -2.07. The van der Waals surface area contributed by atoms with Crippen molar-refractivity contribution in [2.24, 2.45) is 0 Å². The van der Waals surface area contributed by atoms with Crippen LogP contribution in [0.1, 0.15) is 30.1 Å². The van der Waals surface area contributed by atoms with Crippen molar-refractivity contribution in [3.8, 4) is 6.07 Å². The number of carboxylic acid groups (broad SMARTS) is 2. The van der Waals surface area contributed by atoms with Crippen LogP contribution in [0.4, 0.5) is 0 Å². The van der Waals surface area contributed by atoms with Crippen molar-refractivity contribution in [3.05, 3.63) is 35.4 Å². The van der Waals surface area contributed by atoms with Crippen molar-refractivity contribution in [3.63, 3.8) is 0 Å². The number of nitrogens with zero attached hydrogens (tertiary/aromatic N) is 1. The number of rotatable bonds is 1. The summed E-state index contributed by atoms with van der Waals surface area (Å²) in [6, 6.07) is 9.74. The highest BCUT2D eigenvalue weighted by Gasteiger charge is 2.47. The number of hydrogen-bond acceptors (Lipinski definition) is 5. The monoisotopic (exact) mass is 317 g/mol. The summed E-state index contributed by atoms with van der Waals surface area (Å²) in [6.45, 7) is 1.05. The summed E-state index contributed by atoms with van der Waals surface area (Å²) < 4.78 is 0. The van der Waals surface area contributed by atoms with Crippen LogP contribution >= 0.6 is 0 Å². The Kier molecular flexibility index (Phi) is 4.93. The van der Waals surface area contributed by atoms with E-state index in [1.165, 1.54) is 4.90 Å². The zero-order valence-corrected chi connectivity index (χ0v) is 12.1. The van der Waals surface area contributed by atoms with Crippen molar-refractivity contribution >= 4 is 17.8 Å². The maximum absolute atomic E-state index is 11.8. The minimum absolute atomic E-state index is 0.0720. The number of fused-ring (bicyclic) bond motifs is 1. The summed E-state index contributed by atoms with van der Waals surface area (Å²) in [5.74, 6) is -3.84. The third-order valence-electron chi connectivity index (χ3n) is 3.93. The summed E-state index contributed by atoms with van der Waals surface area (Å²) in [5, 5.41) is 28.1. The molecule has 2 saturated heterocycles. The fourth-order valence-electron chi connectivity index (χ4n) is 2.90. The first-order chi connectivity index (χ1) is 10.9. The average molecular weight is 317 g/mol. The first-order valence-electron chi connectivity index (χ1n) is 7.04. The number of carbonyl (C=O) groups excluding carboxylic acids is 2. The van der Waals surface area contributed by atoms with Crippen molar-refractivity contribution in [2.45, 2.75) is 25.0 Å². The van der Waals surface area contributed by atoms with Gasteiger partial charge in [0.15, 0.2) is 18.2 Å². The summed E-state index contributed by atoms with van der Waals surface area (Å²) in [4.78, 5) is 31.1. The number of amides is 1. The number of nitriles is 1. The molecule has 0 aromatic heterocycles. The highest BCUT2D eigenvalue weighted by Crippen LogP contribution is 2.17. The average Bonchev–Trinajstić information content (AvgIpc) is 3.12. The second-order valence-corrected chi connectivity index (χ2v) is 5.29. The Morgan fingerprint density at radius 3 is 2.48 bits per heavy atom. The Bertz CT molecular complexity index is 653. The van der Waals surface area contributed by atoms with Crippen LogP contribution in [0.25, 0.3) is 0 Å². The van der Waals surface area contributed by atoms with E-state index in [4.69, 9.17) is 25.1 Å². The van der Waals surface area contributed by atoms with Crippen molar-refractivity contribution in [1.82, 2.24) is 5.32 Å². The quantitative estimate of drug-likeness (QED) is 0.492. The van der Waals surface area contributed by atoms with Crippen LogP contribution in [0.15, 0.2) is 24.3 Å². The van der Waals surface area contributed by atoms with Gasteiger partial charge in [0.2, 0.25) is 0 Å². The molecule has 23 heavy (non-hydrogen) atoms. The van der Waals surface area contributed by atoms with Gasteiger partial charge in [-0.2, -0.15) is 5.26 Å². The molecule has 3 rings (SSSR count). The van der Waals surface area contributed by atoms with Gasteiger partial charge in [0, 0.05) is 18.4 Å². The lowest BCUT2D eigenvalue weighted by Crippen LogP contribution is -3.12. The van der Waals surface area contributed by atoms with Crippen LogP contribution < -0.4 is 15.3 Å². The smallest absolute Gasteiger partial charge is 0.351 e. The Hall–Kier alpha value is -2.92. The third kappa shape index (κ3) is 3.64. The van der Waals surface area contributed by atoms with Gasteiger partial charge in [0.25, 0.3) is 5.91 Å². The van der Waals surface area contributed by atoms with Gasteiger partial charge in [-0.05, 0) is 24.3 Å². The molecule has 1 aromatic carbocycles. The lowest BCUT2D eigenvalue weighted by molar-refractivity contribution is -0.927. The van der Waals surface area contributed by atoms with Crippen LogP contribution in [0.3, 0.4) is 0 Å². The van der Waals surface area contributed by atoms with Crippen LogP contribution in [0.2, 0.25) is 0 Å². The lowest BCUT2D eigenvalue weighted by Gasteiger charge is -2.18. The van der Waals surface area contributed by atoms with Gasteiger partial charge >= 0.3 is 5.97 Å². The first-order valence-corrected chi connectivity index (χ1v) is 7.04. The largest absolute Gasteiger partial charge is 0.539 e. The van der Waals surface area contributed by atoms with Crippen molar-refractivity contribution in [1.29, 1.82) is 5.26 Å². The Labute approximate surface area is 131 Å². The molecule has 2 aliphatic heterocycles. The molecule has 1 aromatic rings. The number of quaternary nitrogens is 1. The highest BCUT2D eigenvalue weighted by atomic mass is 16.4. The van der Waals surface area contributed by atoms with Crippen LogP contribution in [-0.4, -0.2) is 35.5 Å². The van der Waals surface area contributed by atoms with E-state index in [0.29, 0.717) is 5.56 Å². The van der Waals surface area contributed by atoms with Gasteiger partial charge in [-0.3, -0.25) is 10.1 Å². The predicted molar refractivity (Wildman–Crippen MR) is 73.5 cm³/mol. The van der Waals surface area contributed by atoms with Gasteiger partial charge in [0.05, 0.1) is 18.2 Å². The number of hydrogen-bond donors (Lipinski definition) is 3. The molecule has 0 aliphatic carbocycles. The summed E-state index contributed by atoms with van der Waals surface area (Å²) in [7, 11) is 0. The summed E-state index contributed by atoms with van der Waals surface area (Å²) >= 11 is 0. The van der Waals surface area contributed by atoms with Gasteiger partial charge in [-0.15, -0.1) is 0 Å². The molecule has 3 atom stereocenters. The van der Waals surface area contributed by atoms with Gasteiger partial charge in [-0.1, -0.05) is 0 Å². The van der Waals surface area contributed by atoms with Gasteiger partial charge < -0.3 is 19.9 Å². The molecular formula is C15H15N3O5. The molecule has 0 spiro atoms. The molecule has 2 fully saturated rings. The zero-order valence-electron chi connectivity index (χ0n) is 12.1. The van der Waals surface area contributed by atoms with Crippen LogP contribution in [0, 0.1) is 11.3 Å². The van der Waals surface area contributed by atoms with Crippen LogP contribution in [-0.2, 0) is 14.4 Å². The Morgan fingerprint density at radius 1 is 1.35 bits per heavy atom. The van der Waals surface area contributed by atoms with Gasteiger partial charge in [-0.25, -0.2) is 4.79 Å². The molecule has 2 heterocycles. The standard InChI is InChI=1S/C13H13N3O.C2H2O4/c14-8-9-3-5-10(6-4-9)12-15-13(17)11-2-1-7-16(11)12;3-1(4)2(5)6/h3-6,11-12H,1-2,7H2,(H,15,17);(H,3,4)(H,5,6). The first kappa shape index (κ1) is 16.5. The van der Waals surface area contributed by atoms with E-state index in [1.807, 2.05) is 24.3 Å². The molecule has 0 saturated carbocycles. The van der Waals surface area contributed by atoms with Gasteiger partial charge in [0.1, 0.15) is 0 Å². The number of carboxylic acids is 2. The number of carbonyl (C=O) groups is 3. The molecule has 3 unspecified atom stereocenters. The third-order valence-corrected chi connectivity index (χ3v) is 3.93. The maximum atomic E-state index is 11.8. The molecule has 3 N–H and O–H groups in total. The summed E-state index contributed by atoms with van der Waals surface area (Å²) in [5.41, 5.74) is 1.75. The topological polar surface area (TPSA) is 135 Å².